The Morgan fingerprint density at radius 1 is 0.885 bits per heavy atom. The van der Waals surface area contributed by atoms with Gasteiger partial charge in [-0.2, -0.15) is 0 Å². The molecule has 26 heavy (non-hydrogen) atoms. The van der Waals surface area contributed by atoms with Crippen molar-refractivity contribution in [2.24, 2.45) is 0 Å². The van der Waals surface area contributed by atoms with Gasteiger partial charge in [-0.15, -0.1) is 0 Å². The van der Waals surface area contributed by atoms with Crippen molar-refractivity contribution in [2.75, 3.05) is 11.9 Å². The van der Waals surface area contributed by atoms with Crippen molar-refractivity contribution in [3.8, 4) is 16.9 Å². The molecular formula is C22H17NO3. The van der Waals surface area contributed by atoms with Crippen molar-refractivity contribution >= 4 is 17.4 Å². The van der Waals surface area contributed by atoms with Gasteiger partial charge in [-0.3, -0.25) is 9.59 Å². The van der Waals surface area contributed by atoms with Gasteiger partial charge < -0.3 is 10.1 Å². The normalized spacial score (nSPS) is 11.7. The van der Waals surface area contributed by atoms with Gasteiger partial charge in [-0.25, -0.2) is 0 Å². The highest BCUT2D eigenvalue weighted by molar-refractivity contribution is 6.22. The quantitative estimate of drug-likeness (QED) is 0.591. The van der Waals surface area contributed by atoms with Crippen LogP contribution >= 0.6 is 0 Å². The second-order valence-corrected chi connectivity index (χ2v) is 6.02. The number of fused-ring (bicyclic) bond motifs is 3. The summed E-state index contributed by atoms with van der Waals surface area (Å²) in [5.41, 5.74) is 4.09. The molecule has 0 saturated heterocycles. The lowest BCUT2D eigenvalue weighted by Crippen LogP contribution is -2.13. The Kier molecular flexibility index (Phi) is 4.01. The van der Waals surface area contributed by atoms with Gasteiger partial charge in [0.25, 0.3) is 5.91 Å². The zero-order valence-electron chi connectivity index (χ0n) is 14.3. The van der Waals surface area contributed by atoms with Gasteiger partial charge in [-0.1, -0.05) is 42.5 Å². The molecule has 3 aromatic carbocycles. The lowest BCUT2D eigenvalue weighted by atomic mass is 10.0. The summed E-state index contributed by atoms with van der Waals surface area (Å²) in [7, 11) is 0. The highest BCUT2D eigenvalue weighted by Gasteiger charge is 2.27. The molecule has 0 aliphatic heterocycles. The summed E-state index contributed by atoms with van der Waals surface area (Å²) in [6, 6.07) is 20.0. The van der Waals surface area contributed by atoms with Crippen molar-refractivity contribution in [3.63, 3.8) is 0 Å². The van der Waals surface area contributed by atoms with E-state index in [1.54, 1.807) is 18.2 Å². The first-order valence-corrected chi connectivity index (χ1v) is 8.50. The fourth-order valence-corrected chi connectivity index (χ4v) is 3.22. The molecule has 0 spiro atoms. The van der Waals surface area contributed by atoms with Crippen molar-refractivity contribution in [1.29, 1.82) is 0 Å². The lowest BCUT2D eigenvalue weighted by molar-refractivity contribution is 0.102. The number of anilines is 1. The molecule has 4 heteroatoms. The van der Waals surface area contributed by atoms with Crippen LogP contribution in [0.3, 0.4) is 0 Å². The fraction of sp³-hybridized carbons (Fsp3) is 0.0909. The molecule has 0 unspecified atom stereocenters. The summed E-state index contributed by atoms with van der Waals surface area (Å²) in [5, 5.41) is 2.86. The highest BCUT2D eigenvalue weighted by atomic mass is 16.5. The van der Waals surface area contributed by atoms with E-state index in [1.807, 2.05) is 55.5 Å². The molecule has 1 aliphatic carbocycles. The lowest BCUT2D eigenvalue weighted by Gasteiger charge is -2.11. The predicted octanol–water partition coefficient (Wildman–Crippen LogP) is 4.55. The number of ether oxygens (including phenoxy) is 1. The van der Waals surface area contributed by atoms with Gasteiger partial charge in [0.2, 0.25) is 0 Å². The number of carbonyl (C=O) groups excluding carboxylic acids is 2. The van der Waals surface area contributed by atoms with Gasteiger partial charge >= 0.3 is 0 Å². The maximum Gasteiger partial charge on any atom is 0.255 e. The van der Waals surface area contributed by atoms with Crippen LogP contribution in [0.2, 0.25) is 0 Å². The average Bonchev–Trinajstić information content (AvgIpc) is 2.96. The number of nitrogens with one attached hydrogen (secondary N) is 1. The Morgan fingerprint density at radius 3 is 2.38 bits per heavy atom. The largest absolute Gasteiger partial charge is 0.492 e. The Balaban J connectivity index is 1.65. The zero-order valence-corrected chi connectivity index (χ0v) is 14.3. The Hall–Kier alpha value is -3.40. The number of rotatable bonds is 4. The smallest absolute Gasteiger partial charge is 0.255 e. The molecule has 0 heterocycles. The molecule has 1 aliphatic rings. The SMILES string of the molecule is CCOc1ccccc1NC(=O)c1ccc2c(c1)C(=O)c1ccccc1-2. The van der Waals surface area contributed by atoms with Crippen molar-refractivity contribution < 1.29 is 14.3 Å². The van der Waals surface area contributed by atoms with Gasteiger partial charge in [-0.05, 0) is 42.3 Å². The molecule has 128 valence electrons. The molecule has 0 fully saturated rings. The van der Waals surface area contributed by atoms with Gasteiger partial charge in [0.15, 0.2) is 5.78 Å². The third-order valence-corrected chi connectivity index (χ3v) is 4.42. The van der Waals surface area contributed by atoms with Crippen LogP contribution in [0.4, 0.5) is 5.69 Å². The van der Waals surface area contributed by atoms with Crippen LogP contribution in [0.1, 0.15) is 33.2 Å². The molecule has 1 amide bonds. The van der Waals surface area contributed by atoms with E-state index < -0.39 is 0 Å². The van der Waals surface area contributed by atoms with E-state index in [-0.39, 0.29) is 11.7 Å². The maximum atomic E-state index is 12.7. The van der Waals surface area contributed by atoms with Gasteiger partial charge in [0.05, 0.1) is 12.3 Å². The Morgan fingerprint density at radius 2 is 1.58 bits per heavy atom. The monoisotopic (exact) mass is 343 g/mol. The van der Waals surface area contributed by atoms with Gasteiger partial charge in [0.1, 0.15) is 5.75 Å². The summed E-state index contributed by atoms with van der Waals surface area (Å²) in [5.74, 6) is 0.302. The maximum absolute atomic E-state index is 12.7. The molecule has 1 N–H and O–H groups in total. The number of amides is 1. The first-order chi connectivity index (χ1) is 12.7. The molecule has 0 radical (unpaired) electrons. The molecule has 0 bridgehead atoms. The fourth-order valence-electron chi connectivity index (χ4n) is 3.22. The number of ketones is 1. The van der Waals surface area contributed by atoms with Gasteiger partial charge in [0, 0.05) is 16.7 Å². The Bertz CT molecular complexity index is 1020. The first kappa shape index (κ1) is 16.1. The third kappa shape index (κ3) is 2.65. The third-order valence-electron chi connectivity index (χ3n) is 4.42. The van der Waals surface area contributed by atoms with Crippen molar-refractivity contribution in [1.82, 2.24) is 0 Å². The van der Waals surface area contributed by atoms with E-state index in [1.165, 1.54) is 0 Å². The molecule has 3 aromatic rings. The molecule has 0 atom stereocenters. The standard InChI is InChI=1S/C22H17NO3/c1-2-26-20-10-6-5-9-19(20)23-22(25)14-11-12-16-15-7-3-4-8-17(15)21(24)18(16)13-14/h3-13H,2H2,1H3,(H,23,25). The molecule has 4 nitrogen and oxygen atoms in total. The van der Waals surface area contributed by atoms with Crippen LogP contribution in [-0.4, -0.2) is 18.3 Å². The molecular weight excluding hydrogens is 326 g/mol. The summed E-state index contributed by atoms with van der Waals surface area (Å²) >= 11 is 0. The number of para-hydroxylation sites is 2. The zero-order chi connectivity index (χ0) is 18.1. The summed E-state index contributed by atoms with van der Waals surface area (Å²) in [4.78, 5) is 25.3. The van der Waals surface area contributed by atoms with E-state index in [0.717, 1.165) is 11.1 Å². The van der Waals surface area contributed by atoms with E-state index >= 15 is 0 Å². The van der Waals surface area contributed by atoms with E-state index in [0.29, 0.717) is 34.7 Å². The first-order valence-electron chi connectivity index (χ1n) is 8.50. The van der Waals surface area contributed by atoms with Crippen LogP contribution in [0.25, 0.3) is 11.1 Å². The topological polar surface area (TPSA) is 55.4 Å². The molecule has 0 aromatic heterocycles. The van der Waals surface area contributed by atoms with E-state index in [9.17, 15) is 9.59 Å². The molecule has 0 saturated carbocycles. The average molecular weight is 343 g/mol. The predicted molar refractivity (Wildman–Crippen MR) is 101 cm³/mol. The minimum Gasteiger partial charge on any atom is -0.492 e. The number of hydrogen-bond donors (Lipinski definition) is 1. The van der Waals surface area contributed by atoms with Crippen LogP contribution in [0.15, 0.2) is 66.7 Å². The Labute approximate surface area is 151 Å². The van der Waals surface area contributed by atoms with Crippen molar-refractivity contribution in [2.45, 2.75) is 6.92 Å². The van der Waals surface area contributed by atoms with E-state index in [4.69, 9.17) is 4.74 Å². The number of benzene rings is 3. The second-order valence-electron chi connectivity index (χ2n) is 6.02. The summed E-state index contributed by atoms with van der Waals surface area (Å²) in [6.45, 7) is 2.40. The second kappa shape index (κ2) is 6.48. The highest BCUT2D eigenvalue weighted by Crippen LogP contribution is 2.36. The van der Waals surface area contributed by atoms with Crippen LogP contribution in [-0.2, 0) is 0 Å². The van der Waals surface area contributed by atoms with Crippen LogP contribution in [0, 0.1) is 0 Å². The minimum absolute atomic E-state index is 0.0417. The summed E-state index contributed by atoms with van der Waals surface area (Å²) in [6.07, 6.45) is 0. The van der Waals surface area contributed by atoms with E-state index in [2.05, 4.69) is 5.32 Å². The number of hydrogen-bond acceptors (Lipinski definition) is 3. The van der Waals surface area contributed by atoms with Crippen LogP contribution < -0.4 is 10.1 Å². The molecule has 4 rings (SSSR count). The minimum atomic E-state index is -0.274. The van der Waals surface area contributed by atoms with Crippen LogP contribution in [0.5, 0.6) is 5.75 Å². The number of carbonyl (C=O) groups is 2. The van der Waals surface area contributed by atoms with Crippen molar-refractivity contribution in [3.05, 3.63) is 83.4 Å². The summed E-state index contributed by atoms with van der Waals surface area (Å²) < 4.78 is 5.54.